The Kier molecular flexibility index (Phi) is 4.41. The molecule has 1 aromatic heterocycles. The number of imidazole rings is 1. The molecule has 0 radical (unpaired) electrons. The van der Waals surface area contributed by atoms with Crippen LogP contribution in [-0.4, -0.2) is 40.0 Å². The van der Waals surface area contributed by atoms with Gasteiger partial charge < -0.3 is 9.67 Å². The van der Waals surface area contributed by atoms with Gasteiger partial charge in [-0.15, -0.1) is 0 Å². The molecule has 1 saturated heterocycles. The molecule has 26 heavy (non-hydrogen) atoms. The van der Waals surface area contributed by atoms with Gasteiger partial charge in [0.1, 0.15) is 0 Å². The van der Waals surface area contributed by atoms with Crippen molar-refractivity contribution in [1.82, 2.24) is 13.9 Å². The van der Waals surface area contributed by atoms with Crippen LogP contribution < -0.4 is 0 Å². The maximum Gasteiger partial charge on any atom is 0.262 e. The van der Waals surface area contributed by atoms with E-state index in [4.69, 9.17) is 0 Å². The quantitative estimate of drug-likeness (QED) is 0.893. The summed E-state index contributed by atoms with van der Waals surface area (Å²) in [5.74, 6) is -0.0918. The highest BCUT2D eigenvalue weighted by molar-refractivity contribution is 7.89. The van der Waals surface area contributed by atoms with Crippen LogP contribution in [0.5, 0.6) is 0 Å². The van der Waals surface area contributed by atoms with Gasteiger partial charge in [-0.3, -0.25) is 0 Å². The average Bonchev–Trinajstić information content (AvgIpc) is 3.10. The maximum absolute atomic E-state index is 13.2. The van der Waals surface area contributed by atoms with E-state index in [1.807, 2.05) is 30.3 Å². The second-order valence-corrected chi connectivity index (χ2v) is 9.33. The van der Waals surface area contributed by atoms with Gasteiger partial charge in [0.05, 0.1) is 11.9 Å². The summed E-state index contributed by atoms with van der Waals surface area (Å²) in [6.07, 6.45) is 7.09. The molecular weight excluding hydrogens is 350 g/mol. The molecule has 1 aliphatic carbocycles. The molecule has 2 heterocycles. The van der Waals surface area contributed by atoms with Crippen molar-refractivity contribution in [3.8, 4) is 0 Å². The molecule has 1 unspecified atom stereocenters. The lowest BCUT2D eigenvalue weighted by atomic mass is 9.67. The summed E-state index contributed by atoms with van der Waals surface area (Å²) >= 11 is 0. The zero-order chi connectivity index (χ0) is 18.4. The van der Waals surface area contributed by atoms with Crippen LogP contribution in [-0.2, 0) is 22.7 Å². The van der Waals surface area contributed by atoms with Crippen LogP contribution in [0.25, 0.3) is 0 Å². The molecule has 4 rings (SSSR count). The van der Waals surface area contributed by atoms with Crippen molar-refractivity contribution in [2.24, 2.45) is 13.0 Å². The first kappa shape index (κ1) is 17.7. The topological polar surface area (TPSA) is 75.4 Å². The number of hydrogen-bond acceptors (Lipinski definition) is 4. The minimum atomic E-state index is -3.65. The third-order valence-corrected chi connectivity index (χ3v) is 7.76. The molecule has 1 saturated carbocycles. The zero-order valence-corrected chi connectivity index (χ0v) is 15.8. The Morgan fingerprint density at radius 1 is 1.19 bits per heavy atom. The van der Waals surface area contributed by atoms with Crippen LogP contribution in [0.3, 0.4) is 0 Å². The van der Waals surface area contributed by atoms with E-state index in [0.717, 1.165) is 31.2 Å². The highest BCUT2D eigenvalue weighted by Crippen LogP contribution is 2.48. The fourth-order valence-corrected chi connectivity index (χ4v) is 6.33. The third kappa shape index (κ3) is 2.78. The van der Waals surface area contributed by atoms with Crippen molar-refractivity contribution in [2.75, 3.05) is 6.54 Å². The molecule has 7 heteroatoms. The SMILES string of the molecule is Cn1cnc(S(=O)(=O)N2CCC(O)(c3ccccc3)[C@@H]3CCCC[C@@H]32)c1. The fourth-order valence-electron chi connectivity index (χ4n) is 4.67. The van der Waals surface area contributed by atoms with E-state index in [1.165, 1.54) is 6.33 Å². The molecule has 3 atom stereocenters. The van der Waals surface area contributed by atoms with Crippen LogP contribution >= 0.6 is 0 Å². The number of fused-ring (bicyclic) bond motifs is 1. The largest absolute Gasteiger partial charge is 0.385 e. The first-order valence-corrected chi connectivity index (χ1v) is 10.6. The number of piperidine rings is 1. The summed E-state index contributed by atoms with van der Waals surface area (Å²) in [6.45, 7) is 0.311. The summed E-state index contributed by atoms with van der Waals surface area (Å²) in [5.41, 5.74) is -0.0746. The third-order valence-electron chi connectivity index (χ3n) is 5.95. The van der Waals surface area contributed by atoms with Crippen LogP contribution in [0, 0.1) is 5.92 Å². The van der Waals surface area contributed by atoms with Gasteiger partial charge >= 0.3 is 0 Å². The van der Waals surface area contributed by atoms with Crippen molar-refractivity contribution in [2.45, 2.75) is 48.8 Å². The van der Waals surface area contributed by atoms with Gasteiger partial charge in [0.15, 0.2) is 5.03 Å². The molecule has 1 aliphatic heterocycles. The summed E-state index contributed by atoms with van der Waals surface area (Å²) in [7, 11) is -1.89. The minimum absolute atomic E-state index is 0.0918. The number of rotatable bonds is 3. The van der Waals surface area contributed by atoms with E-state index >= 15 is 0 Å². The second-order valence-electron chi connectivity index (χ2n) is 7.49. The van der Waals surface area contributed by atoms with Crippen LogP contribution in [0.15, 0.2) is 47.9 Å². The normalized spacial score (nSPS) is 30.1. The lowest BCUT2D eigenvalue weighted by molar-refractivity contribution is -0.100. The van der Waals surface area contributed by atoms with Crippen LogP contribution in [0.2, 0.25) is 0 Å². The highest BCUT2D eigenvalue weighted by atomic mass is 32.2. The smallest absolute Gasteiger partial charge is 0.262 e. The monoisotopic (exact) mass is 375 g/mol. The van der Waals surface area contributed by atoms with Gasteiger partial charge in [0.2, 0.25) is 0 Å². The van der Waals surface area contributed by atoms with Crippen LogP contribution in [0.4, 0.5) is 0 Å². The van der Waals surface area contributed by atoms with Gasteiger partial charge in [-0.1, -0.05) is 43.2 Å². The zero-order valence-electron chi connectivity index (χ0n) is 15.0. The summed E-state index contributed by atoms with van der Waals surface area (Å²) in [4.78, 5) is 4.07. The molecule has 0 bridgehead atoms. The Labute approximate surface area is 154 Å². The van der Waals surface area contributed by atoms with Crippen molar-refractivity contribution < 1.29 is 13.5 Å². The fraction of sp³-hybridized carbons (Fsp3) is 0.526. The second kappa shape index (κ2) is 6.48. The molecule has 0 amide bonds. The molecule has 2 aromatic rings. The van der Waals surface area contributed by atoms with E-state index in [0.29, 0.717) is 13.0 Å². The number of aryl methyl sites for hydroxylation is 1. The first-order chi connectivity index (χ1) is 12.4. The number of sulfonamides is 1. The number of aliphatic hydroxyl groups is 1. The molecule has 2 fully saturated rings. The number of hydrogen-bond donors (Lipinski definition) is 1. The van der Waals surface area contributed by atoms with Crippen molar-refractivity contribution in [3.05, 3.63) is 48.4 Å². The Balaban J connectivity index is 1.71. The standard InChI is InChI=1S/C19H25N3O3S/c1-21-13-18(20-14-21)26(24,25)22-12-11-19(23,15-7-3-2-4-8-15)16-9-5-6-10-17(16)22/h2-4,7-8,13-14,16-17,23H,5-6,9-12H2,1H3/t16-,17+,19?/m1/s1. The predicted molar refractivity (Wildman–Crippen MR) is 97.8 cm³/mol. The molecule has 140 valence electrons. The molecular formula is C19H25N3O3S. The minimum Gasteiger partial charge on any atom is -0.385 e. The number of nitrogens with zero attached hydrogens (tertiary/aromatic N) is 3. The number of aromatic nitrogens is 2. The maximum atomic E-state index is 13.2. The van der Waals surface area contributed by atoms with Gasteiger partial charge in [0, 0.05) is 31.7 Å². The molecule has 1 aromatic carbocycles. The van der Waals surface area contributed by atoms with E-state index in [-0.39, 0.29) is 17.0 Å². The van der Waals surface area contributed by atoms with Crippen molar-refractivity contribution in [1.29, 1.82) is 0 Å². The van der Waals surface area contributed by atoms with Gasteiger partial charge in [-0.2, -0.15) is 4.31 Å². The van der Waals surface area contributed by atoms with E-state index < -0.39 is 15.6 Å². The van der Waals surface area contributed by atoms with Gasteiger partial charge in [-0.25, -0.2) is 13.4 Å². The molecule has 1 N–H and O–H groups in total. The number of benzene rings is 1. The predicted octanol–water partition coefficient (Wildman–Crippen LogP) is 2.26. The molecule has 0 spiro atoms. The van der Waals surface area contributed by atoms with E-state index in [2.05, 4.69) is 4.98 Å². The lowest BCUT2D eigenvalue weighted by Gasteiger charge is -2.51. The average molecular weight is 375 g/mol. The Morgan fingerprint density at radius 3 is 2.62 bits per heavy atom. The van der Waals surface area contributed by atoms with E-state index in [1.54, 1.807) is 22.1 Å². The van der Waals surface area contributed by atoms with Crippen LogP contribution in [0.1, 0.15) is 37.7 Å². The summed E-state index contributed by atoms with van der Waals surface area (Å²) < 4.78 is 29.6. The van der Waals surface area contributed by atoms with E-state index in [9.17, 15) is 13.5 Å². The summed E-state index contributed by atoms with van der Waals surface area (Å²) in [6, 6.07) is 9.52. The highest BCUT2D eigenvalue weighted by Gasteiger charge is 2.52. The summed E-state index contributed by atoms with van der Waals surface area (Å²) in [5, 5.41) is 11.6. The molecule has 6 nitrogen and oxygen atoms in total. The van der Waals surface area contributed by atoms with Gasteiger partial charge in [0.25, 0.3) is 10.0 Å². The Morgan fingerprint density at radius 2 is 1.92 bits per heavy atom. The Bertz CT molecular complexity index is 880. The Hall–Kier alpha value is -1.70. The van der Waals surface area contributed by atoms with Crippen molar-refractivity contribution >= 4 is 10.0 Å². The lowest BCUT2D eigenvalue weighted by Crippen LogP contribution is -2.58. The first-order valence-electron chi connectivity index (χ1n) is 9.20. The molecule has 2 aliphatic rings. The van der Waals surface area contributed by atoms with Gasteiger partial charge in [-0.05, 0) is 24.8 Å². The van der Waals surface area contributed by atoms with Crippen molar-refractivity contribution in [3.63, 3.8) is 0 Å².